The second kappa shape index (κ2) is 13.4. The van der Waals surface area contributed by atoms with E-state index in [0.29, 0.717) is 0 Å². The third-order valence-electron chi connectivity index (χ3n) is 10.5. The average Bonchev–Trinajstić information content (AvgIpc) is 3.63. The van der Waals surface area contributed by atoms with Crippen LogP contribution in [0.4, 0.5) is 17.1 Å². The summed E-state index contributed by atoms with van der Waals surface area (Å²) in [4.78, 5) is 2.32. The van der Waals surface area contributed by atoms with Crippen LogP contribution in [0.25, 0.3) is 77.2 Å². The van der Waals surface area contributed by atoms with Gasteiger partial charge in [0.05, 0.1) is 0 Å². The number of furan rings is 1. The second-order valence-corrected chi connectivity index (χ2v) is 13.8. The highest BCUT2D eigenvalue weighted by Crippen LogP contribution is 2.40. The molecular formula is C52H35NO. The molecule has 1 aromatic heterocycles. The van der Waals surface area contributed by atoms with Crippen LogP contribution < -0.4 is 4.90 Å². The summed E-state index contributed by atoms with van der Waals surface area (Å²) in [5.74, 6) is 0. The summed E-state index contributed by atoms with van der Waals surface area (Å²) < 4.78 is 6.19. The van der Waals surface area contributed by atoms with Crippen molar-refractivity contribution in [2.45, 2.75) is 0 Å². The van der Waals surface area contributed by atoms with Crippen molar-refractivity contribution >= 4 is 49.8 Å². The third-order valence-corrected chi connectivity index (χ3v) is 10.5. The lowest BCUT2D eigenvalue weighted by atomic mass is 9.96. The fourth-order valence-electron chi connectivity index (χ4n) is 7.64. The Balaban J connectivity index is 0.968. The van der Waals surface area contributed by atoms with Gasteiger partial charge in [-0.3, -0.25) is 0 Å². The normalized spacial score (nSPS) is 11.3. The van der Waals surface area contributed by atoms with Crippen molar-refractivity contribution in [1.29, 1.82) is 0 Å². The van der Waals surface area contributed by atoms with Crippen molar-refractivity contribution in [2.75, 3.05) is 4.90 Å². The van der Waals surface area contributed by atoms with Gasteiger partial charge in [0.1, 0.15) is 11.2 Å². The summed E-state index contributed by atoms with van der Waals surface area (Å²) in [7, 11) is 0. The minimum atomic E-state index is 0.888. The summed E-state index contributed by atoms with van der Waals surface area (Å²) >= 11 is 0. The van der Waals surface area contributed by atoms with E-state index < -0.39 is 0 Å². The SMILES string of the molecule is c1ccc(-c2ccc(N(c3ccc(-c4ccc(-c5cccc(-c6ccc7ccccc7c6)c5)cc4)cc3)c3ccc4oc5ccccc5c4c3)cc2)cc1. The van der Waals surface area contributed by atoms with Crippen LogP contribution in [0.5, 0.6) is 0 Å². The summed E-state index contributed by atoms with van der Waals surface area (Å²) in [5.41, 5.74) is 14.6. The van der Waals surface area contributed by atoms with Crippen LogP contribution in [0.15, 0.2) is 217 Å². The van der Waals surface area contributed by atoms with E-state index in [-0.39, 0.29) is 0 Å². The van der Waals surface area contributed by atoms with Crippen LogP contribution in [0.3, 0.4) is 0 Å². The number of benzene rings is 9. The van der Waals surface area contributed by atoms with Crippen molar-refractivity contribution in [3.8, 4) is 44.5 Å². The number of para-hydroxylation sites is 1. The maximum Gasteiger partial charge on any atom is 0.135 e. The van der Waals surface area contributed by atoms with Crippen molar-refractivity contribution in [1.82, 2.24) is 0 Å². The first kappa shape index (κ1) is 31.6. The van der Waals surface area contributed by atoms with Crippen LogP contribution >= 0.6 is 0 Å². The molecule has 0 spiro atoms. The molecule has 0 aliphatic heterocycles. The molecule has 2 nitrogen and oxygen atoms in total. The molecule has 10 rings (SSSR count). The molecule has 0 saturated carbocycles. The first-order chi connectivity index (χ1) is 26.7. The number of hydrogen-bond acceptors (Lipinski definition) is 2. The zero-order chi connectivity index (χ0) is 35.8. The molecule has 1 heterocycles. The van der Waals surface area contributed by atoms with Crippen LogP contribution in [-0.2, 0) is 0 Å². The minimum Gasteiger partial charge on any atom is -0.456 e. The quantitative estimate of drug-likeness (QED) is 0.166. The smallest absolute Gasteiger partial charge is 0.135 e. The standard InChI is InChI=1S/C52H35NO/c1-2-9-36(10-3-1)39-23-27-46(28-24-39)53(48-31-32-52-50(35-48)49-15-6-7-16-51(49)54-52)47-29-25-40(26-30-47)38-17-19-41(20-18-38)43-13-8-14-44(33-43)45-22-21-37-11-4-5-12-42(37)34-45/h1-35H. The molecule has 2 heteroatoms. The Labute approximate surface area is 314 Å². The Kier molecular flexibility index (Phi) is 7.85. The molecule has 9 aromatic carbocycles. The van der Waals surface area contributed by atoms with Gasteiger partial charge in [-0.05, 0) is 116 Å². The predicted molar refractivity (Wildman–Crippen MR) is 228 cm³/mol. The summed E-state index contributed by atoms with van der Waals surface area (Å²) in [6.07, 6.45) is 0. The van der Waals surface area contributed by atoms with Gasteiger partial charge < -0.3 is 9.32 Å². The highest BCUT2D eigenvalue weighted by molar-refractivity contribution is 6.06. The van der Waals surface area contributed by atoms with Gasteiger partial charge in [0.2, 0.25) is 0 Å². The van der Waals surface area contributed by atoms with Crippen LogP contribution in [-0.4, -0.2) is 0 Å². The Morgan fingerprint density at radius 1 is 0.259 bits per heavy atom. The first-order valence-corrected chi connectivity index (χ1v) is 18.4. The number of anilines is 3. The average molecular weight is 690 g/mol. The highest BCUT2D eigenvalue weighted by Gasteiger charge is 2.16. The predicted octanol–water partition coefficient (Wildman–Crippen LogP) is 14.9. The monoisotopic (exact) mass is 689 g/mol. The summed E-state index contributed by atoms with van der Waals surface area (Å²) in [6.45, 7) is 0. The molecule has 0 unspecified atom stereocenters. The molecule has 0 amide bonds. The van der Waals surface area contributed by atoms with E-state index in [9.17, 15) is 0 Å². The van der Waals surface area contributed by atoms with Gasteiger partial charge in [0, 0.05) is 27.8 Å². The van der Waals surface area contributed by atoms with E-state index in [0.717, 1.165) is 39.0 Å². The maximum absolute atomic E-state index is 6.19. The Morgan fingerprint density at radius 2 is 0.722 bits per heavy atom. The Morgan fingerprint density at radius 3 is 1.43 bits per heavy atom. The number of fused-ring (bicyclic) bond motifs is 4. The number of hydrogen-bond donors (Lipinski definition) is 0. The van der Waals surface area contributed by atoms with Gasteiger partial charge in [0.25, 0.3) is 0 Å². The lowest BCUT2D eigenvalue weighted by molar-refractivity contribution is 0.669. The van der Waals surface area contributed by atoms with E-state index >= 15 is 0 Å². The molecule has 254 valence electrons. The molecular weight excluding hydrogens is 655 g/mol. The molecule has 0 aliphatic carbocycles. The van der Waals surface area contributed by atoms with Gasteiger partial charge in [0.15, 0.2) is 0 Å². The first-order valence-electron chi connectivity index (χ1n) is 18.4. The van der Waals surface area contributed by atoms with E-state index in [4.69, 9.17) is 4.42 Å². The topological polar surface area (TPSA) is 16.4 Å². The fraction of sp³-hybridized carbons (Fsp3) is 0. The van der Waals surface area contributed by atoms with Crippen molar-refractivity contribution in [3.63, 3.8) is 0 Å². The van der Waals surface area contributed by atoms with E-state index in [2.05, 4.69) is 205 Å². The molecule has 0 bridgehead atoms. The van der Waals surface area contributed by atoms with E-state index in [1.165, 1.54) is 55.3 Å². The van der Waals surface area contributed by atoms with Crippen molar-refractivity contribution in [2.24, 2.45) is 0 Å². The lowest BCUT2D eigenvalue weighted by Gasteiger charge is -2.26. The fourth-order valence-corrected chi connectivity index (χ4v) is 7.64. The Bertz CT molecular complexity index is 2900. The lowest BCUT2D eigenvalue weighted by Crippen LogP contribution is -2.09. The highest BCUT2D eigenvalue weighted by atomic mass is 16.3. The minimum absolute atomic E-state index is 0.888. The molecule has 54 heavy (non-hydrogen) atoms. The largest absolute Gasteiger partial charge is 0.456 e. The number of rotatable bonds is 7. The van der Waals surface area contributed by atoms with Crippen LogP contribution in [0.1, 0.15) is 0 Å². The third kappa shape index (κ3) is 5.90. The molecule has 0 fully saturated rings. The van der Waals surface area contributed by atoms with E-state index in [1.54, 1.807) is 0 Å². The molecule has 0 atom stereocenters. The van der Waals surface area contributed by atoms with Gasteiger partial charge in [-0.1, -0.05) is 152 Å². The zero-order valence-corrected chi connectivity index (χ0v) is 29.6. The van der Waals surface area contributed by atoms with E-state index in [1.807, 2.05) is 12.1 Å². The van der Waals surface area contributed by atoms with Crippen molar-refractivity contribution < 1.29 is 4.42 Å². The summed E-state index contributed by atoms with van der Waals surface area (Å²) in [6, 6.07) is 75.9. The van der Waals surface area contributed by atoms with Gasteiger partial charge in [-0.25, -0.2) is 0 Å². The Hall–Kier alpha value is -7.16. The number of nitrogens with zero attached hydrogens (tertiary/aromatic N) is 1. The van der Waals surface area contributed by atoms with Crippen LogP contribution in [0, 0.1) is 0 Å². The molecule has 10 aromatic rings. The molecule has 0 aliphatic rings. The van der Waals surface area contributed by atoms with Crippen molar-refractivity contribution in [3.05, 3.63) is 212 Å². The zero-order valence-electron chi connectivity index (χ0n) is 29.6. The molecule has 0 N–H and O–H groups in total. The van der Waals surface area contributed by atoms with Crippen LogP contribution in [0.2, 0.25) is 0 Å². The van der Waals surface area contributed by atoms with Gasteiger partial charge in [-0.15, -0.1) is 0 Å². The van der Waals surface area contributed by atoms with Gasteiger partial charge in [-0.2, -0.15) is 0 Å². The molecule has 0 saturated heterocycles. The second-order valence-electron chi connectivity index (χ2n) is 13.8. The maximum atomic E-state index is 6.19. The molecule has 0 radical (unpaired) electrons. The van der Waals surface area contributed by atoms with Gasteiger partial charge >= 0.3 is 0 Å². The summed E-state index contributed by atoms with van der Waals surface area (Å²) in [5, 5.41) is 4.74.